The molecule has 3 N–H and O–H groups in total. The van der Waals surface area contributed by atoms with Gasteiger partial charge in [-0.05, 0) is 44.0 Å². The van der Waals surface area contributed by atoms with Crippen LogP contribution in [0.5, 0.6) is 0 Å². The minimum absolute atomic E-state index is 0.0459. The number of hydrogen-bond acceptors (Lipinski definition) is 4. The van der Waals surface area contributed by atoms with Gasteiger partial charge in [0.2, 0.25) is 0 Å². The van der Waals surface area contributed by atoms with Crippen molar-refractivity contribution in [3.05, 3.63) is 46.5 Å². The number of hydrazine groups is 1. The third kappa shape index (κ3) is 3.17. The molecule has 20 heavy (non-hydrogen) atoms. The number of nitrogens with zero attached hydrogens (tertiary/aromatic N) is 3. The summed E-state index contributed by atoms with van der Waals surface area (Å²) in [5.41, 5.74) is 5.08. The molecule has 0 spiro atoms. The van der Waals surface area contributed by atoms with E-state index in [4.69, 9.17) is 17.4 Å². The highest BCUT2D eigenvalue weighted by atomic mass is 35.5. The molecule has 5 nitrogen and oxygen atoms in total. The molecule has 0 bridgehead atoms. The van der Waals surface area contributed by atoms with E-state index < -0.39 is 0 Å². The molecule has 2 aromatic rings. The quantitative estimate of drug-likeness (QED) is 0.657. The standard InChI is InChI=1S/C14H20ClN5/c1-9(2)20-14(17-8-18-20)7-13(19-16)12-6-11(15)5-4-10(12)3/h4-6,8-9,13,19H,7,16H2,1-3H3. The Hall–Kier alpha value is -1.43. The smallest absolute Gasteiger partial charge is 0.138 e. The van der Waals surface area contributed by atoms with E-state index in [1.165, 1.54) is 0 Å². The van der Waals surface area contributed by atoms with Gasteiger partial charge in [0, 0.05) is 17.5 Å². The van der Waals surface area contributed by atoms with Gasteiger partial charge in [-0.25, -0.2) is 9.67 Å². The Bertz CT molecular complexity index is 579. The van der Waals surface area contributed by atoms with Crippen molar-refractivity contribution in [3.8, 4) is 0 Å². The Balaban J connectivity index is 2.29. The van der Waals surface area contributed by atoms with Gasteiger partial charge in [0.15, 0.2) is 0 Å². The molecule has 2 rings (SSSR count). The Labute approximate surface area is 124 Å². The number of aromatic nitrogens is 3. The third-order valence-electron chi connectivity index (χ3n) is 3.34. The second-order valence-corrected chi connectivity index (χ2v) is 5.58. The fourth-order valence-corrected chi connectivity index (χ4v) is 2.46. The zero-order valence-corrected chi connectivity index (χ0v) is 12.7. The van der Waals surface area contributed by atoms with Gasteiger partial charge in [0.05, 0.1) is 6.04 Å². The van der Waals surface area contributed by atoms with Crippen molar-refractivity contribution in [2.75, 3.05) is 0 Å². The predicted molar refractivity (Wildman–Crippen MR) is 80.4 cm³/mol. The molecule has 1 atom stereocenters. The lowest BCUT2D eigenvalue weighted by atomic mass is 9.99. The molecule has 108 valence electrons. The van der Waals surface area contributed by atoms with E-state index in [2.05, 4.69) is 29.4 Å². The van der Waals surface area contributed by atoms with E-state index in [-0.39, 0.29) is 12.1 Å². The molecule has 0 aliphatic heterocycles. The average molecular weight is 294 g/mol. The van der Waals surface area contributed by atoms with E-state index >= 15 is 0 Å². The number of rotatable bonds is 5. The van der Waals surface area contributed by atoms with Crippen LogP contribution in [0.15, 0.2) is 24.5 Å². The van der Waals surface area contributed by atoms with Crippen molar-refractivity contribution in [3.63, 3.8) is 0 Å². The Kier molecular flexibility index (Phi) is 4.75. The number of nitrogens with one attached hydrogen (secondary N) is 1. The lowest BCUT2D eigenvalue weighted by molar-refractivity contribution is 0.468. The summed E-state index contributed by atoms with van der Waals surface area (Å²) in [7, 11) is 0. The Morgan fingerprint density at radius 3 is 2.80 bits per heavy atom. The maximum Gasteiger partial charge on any atom is 0.138 e. The van der Waals surface area contributed by atoms with Gasteiger partial charge in [-0.15, -0.1) is 0 Å². The number of nitrogens with two attached hydrogens (primary N) is 1. The van der Waals surface area contributed by atoms with Crippen molar-refractivity contribution in [2.24, 2.45) is 5.84 Å². The number of hydrogen-bond donors (Lipinski definition) is 2. The Morgan fingerprint density at radius 1 is 1.40 bits per heavy atom. The van der Waals surface area contributed by atoms with Crippen molar-refractivity contribution < 1.29 is 0 Å². The molecule has 0 amide bonds. The molecule has 1 aromatic carbocycles. The monoisotopic (exact) mass is 293 g/mol. The maximum atomic E-state index is 6.08. The number of benzene rings is 1. The second kappa shape index (κ2) is 6.35. The Morgan fingerprint density at radius 2 is 2.15 bits per heavy atom. The van der Waals surface area contributed by atoms with Crippen LogP contribution in [-0.2, 0) is 6.42 Å². The minimum Gasteiger partial charge on any atom is -0.271 e. The molecule has 0 fully saturated rings. The zero-order valence-electron chi connectivity index (χ0n) is 12.0. The van der Waals surface area contributed by atoms with Crippen molar-refractivity contribution in [1.29, 1.82) is 0 Å². The van der Waals surface area contributed by atoms with Crippen LogP contribution in [0.1, 0.15) is 42.9 Å². The molecular weight excluding hydrogens is 274 g/mol. The van der Waals surface area contributed by atoms with Crippen molar-refractivity contribution in [1.82, 2.24) is 20.2 Å². The largest absolute Gasteiger partial charge is 0.271 e. The first-order valence-electron chi connectivity index (χ1n) is 6.63. The van der Waals surface area contributed by atoms with E-state index in [0.717, 1.165) is 17.0 Å². The first-order valence-corrected chi connectivity index (χ1v) is 7.01. The lowest BCUT2D eigenvalue weighted by Crippen LogP contribution is -2.31. The van der Waals surface area contributed by atoms with Crippen LogP contribution in [0.3, 0.4) is 0 Å². The van der Waals surface area contributed by atoms with Gasteiger partial charge in [0.25, 0.3) is 0 Å². The normalized spacial score (nSPS) is 12.9. The van der Waals surface area contributed by atoms with Gasteiger partial charge in [0.1, 0.15) is 12.2 Å². The maximum absolute atomic E-state index is 6.08. The summed E-state index contributed by atoms with van der Waals surface area (Å²) in [6, 6.07) is 6.04. The lowest BCUT2D eigenvalue weighted by Gasteiger charge is -2.19. The fourth-order valence-electron chi connectivity index (χ4n) is 2.28. The fraction of sp³-hybridized carbons (Fsp3) is 0.429. The minimum atomic E-state index is -0.0459. The van der Waals surface area contributed by atoms with Gasteiger partial charge in [-0.2, -0.15) is 5.10 Å². The highest BCUT2D eigenvalue weighted by Crippen LogP contribution is 2.24. The SMILES string of the molecule is Cc1ccc(Cl)cc1C(Cc1ncnn1C(C)C)NN. The molecule has 1 unspecified atom stereocenters. The third-order valence-corrected chi connectivity index (χ3v) is 3.58. The van der Waals surface area contributed by atoms with Gasteiger partial charge in [-0.3, -0.25) is 11.3 Å². The summed E-state index contributed by atoms with van der Waals surface area (Å²) in [6.45, 7) is 6.20. The summed E-state index contributed by atoms with van der Waals surface area (Å²) >= 11 is 6.08. The van der Waals surface area contributed by atoms with Crippen molar-refractivity contribution >= 4 is 11.6 Å². The van der Waals surface area contributed by atoms with Gasteiger partial charge < -0.3 is 0 Å². The van der Waals surface area contributed by atoms with Gasteiger partial charge >= 0.3 is 0 Å². The van der Waals surface area contributed by atoms with E-state index in [1.54, 1.807) is 6.33 Å². The van der Waals surface area contributed by atoms with Crippen LogP contribution in [0, 0.1) is 6.92 Å². The van der Waals surface area contributed by atoms with Crippen LogP contribution >= 0.6 is 11.6 Å². The zero-order chi connectivity index (χ0) is 14.7. The highest BCUT2D eigenvalue weighted by molar-refractivity contribution is 6.30. The summed E-state index contributed by atoms with van der Waals surface area (Å²) in [5, 5.41) is 4.95. The first-order chi connectivity index (χ1) is 9.52. The number of aryl methyl sites for hydroxylation is 1. The van der Waals surface area contributed by atoms with Crippen LogP contribution in [0.2, 0.25) is 5.02 Å². The first kappa shape index (κ1) is 15.0. The average Bonchev–Trinajstić information content (AvgIpc) is 2.87. The topological polar surface area (TPSA) is 68.8 Å². The van der Waals surface area contributed by atoms with Crippen LogP contribution in [0.4, 0.5) is 0 Å². The van der Waals surface area contributed by atoms with E-state index in [0.29, 0.717) is 11.4 Å². The second-order valence-electron chi connectivity index (χ2n) is 5.14. The molecule has 0 aliphatic rings. The van der Waals surface area contributed by atoms with Crippen LogP contribution < -0.4 is 11.3 Å². The molecule has 0 saturated heterocycles. The summed E-state index contributed by atoms with van der Waals surface area (Å²) in [4.78, 5) is 4.33. The number of halogens is 1. The molecule has 0 saturated carbocycles. The van der Waals surface area contributed by atoms with E-state index in [9.17, 15) is 0 Å². The van der Waals surface area contributed by atoms with Crippen LogP contribution in [-0.4, -0.2) is 14.8 Å². The highest BCUT2D eigenvalue weighted by Gasteiger charge is 2.17. The van der Waals surface area contributed by atoms with Crippen LogP contribution in [0.25, 0.3) is 0 Å². The summed E-state index contributed by atoms with van der Waals surface area (Å²) in [6.07, 6.45) is 2.24. The molecular formula is C14H20ClN5. The molecule has 6 heteroatoms. The summed E-state index contributed by atoms with van der Waals surface area (Å²) < 4.78 is 1.91. The molecule has 0 radical (unpaired) electrons. The summed E-state index contributed by atoms with van der Waals surface area (Å²) in [5.74, 6) is 6.62. The van der Waals surface area contributed by atoms with Crippen molar-refractivity contribution in [2.45, 2.75) is 39.3 Å². The van der Waals surface area contributed by atoms with E-state index in [1.807, 2.05) is 29.8 Å². The molecule has 0 aliphatic carbocycles. The molecule has 1 aromatic heterocycles. The van der Waals surface area contributed by atoms with Gasteiger partial charge in [-0.1, -0.05) is 17.7 Å². The molecule has 1 heterocycles. The predicted octanol–water partition coefficient (Wildman–Crippen LogP) is 2.57.